The molecule has 1 N–H and O–H groups in total. The van der Waals surface area contributed by atoms with Gasteiger partial charge in [0.05, 0.1) is 19.8 Å². The van der Waals surface area contributed by atoms with Crippen molar-refractivity contribution in [3.05, 3.63) is 75.8 Å². The Balaban J connectivity index is 1.34. The van der Waals surface area contributed by atoms with Gasteiger partial charge in [0, 0.05) is 49.6 Å². The van der Waals surface area contributed by atoms with E-state index in [0.29, 0.717) is 17.9 Å². The molecule has 0 unspecified atom stereocenters. The Hall–Kier alpha value is -3.76. The number of H-pyrrole nitrogens is 1. The highest BCUT2D eigenvalue weighted by Gasteiger charge is 2.33. The minimum absolute atomic E-state index is 0.0858. The van der Waals surface area contributed by atoms with Gasteiger partial charge in [0.2, 0.25) is 0 Å². The zero-order chi connectivity index (χ0) is 26.1. The number of nitrogens with one attached hydrogen (secondary N) is 1. The fraction of sp³-hybridized carbons (Fsp3) is 0.429. The molecule has 6 rings (SSSR count). The van der Waals surface area contributed by atoms with Crippen molar-refractivity contribution in [3.63, 3.8) is 0 Å². The van der Waals surface area contributed by atoms with Crippen LogP contribution < -0.4 is 15.2 Å². The maximum Gasteiger partial charge on any atom is 0.253 e. The summed E-state index contributed by atoms with van der Waals surface area (Å²) < 4.78 is 13.0. The van der Waals surface area contributed by atoms with Crippen molar-refractivity contribution in [2.45, 2.75) is 38.5 Å². The molecule has 2 saturated heterocycles. The van der Waals surface area contributed by atoms with Crippen molar-refractivity contribution in [1.29, 1.82) is 0 Å². The first kappa shape index (κ1) is 24.6. The van der Waals surface area contributed by atoms with Crippen molar-refractivity contribution in [1.82, 2.24) is 30.1 Å². The van der Waals surface area contributed by atoms with Crippen LogP contribution in [-0.4, -0.2) is 76.1 Å². The van der Waals surface area contributed by atoms with Crippen LogP contribution in [0.1, 0.15) is 35.8 Å². The van der Waals surface area contributed by atoms with Gasteiger partial charge in [-0.3, -0.25) is 9.69 Å². The molecule has 2 aromatic carbocycles. The molecule has 0 aliphatic carbocycles. The molecule has 198 valence electrons. The fourth-order valence-corrected chi connectivity index (χ4v) is 5.58. The predicted octanol–water partition coefficient (Wildman–Crippen LogP) is 2.92. The first-order valence-electron chi connectivity index (χ1n) is 13.2. The fourth-order valence-electron chi connectivity index (χ4n) is 5.58. The molecule has 0 amide bonds. The first-order valence-corrected chi connectivity index (χ1v) is 13.2. The summed E-state index contributed by atoms with van der Waals surface area (Å²) in [6, 6.07) is 15.9. The largest absolute Gasteiger partial charge is 0.497 e. The lowest BCUT2D eigenvalue weighted by Crippen LogP contribution is -2.49. The third-order valence-corrected chi connectivity index (χ3v) is 7.65. The number of nitrogens with zero attached hydrogens (tertiary/aromatic N) is 6. The minimum Gasteiger partial charge on any atom is -0.497 e. The van der Waals surface area contributed by atoms with Gasteiger partial charge in [0.15, 0.2) is 5.82 Å². The summed E-state index contributed by atoms with van der Waals surface area (Å²) in [5.74, 6) is 1.52. The average Bonchev–Trinajstić information content (AvgIpc) is 3.62. The van der Waals surface area contributed by atoms with E-state index in [1.165, 1.54) is 0 Å². The number of hydrogen-bond donors (Lipinski definition) is 1. The number of methoxy groups -OCH3 is 1. The normalized spacial score (nSPS) is 19.2. The molecule has 2 aromatic heterocycles. The average molecular weight is 516 g/mol. The quantitative estimate of drug-likeness (QED) is 0.401. The summed E-state index contributed by atoms with van der Waals surface area (Å²) in [5, 5.41) is 13.8. The smallest absolute Gasteiger partial charge is 0.253 e. The summed E-state index contributed by atoms with van der Waals surface area (Å²) in [5.41, 5.74) is 3.64. The highest BCUT2D eigenvalue weighted by atomic mass is 16.5. The zero-order valence-corrected chi connectivity index (χ0v) is 21.8. The van der Waals surface area contributed by atoms with Crippen molar-refractivity contribution < 1.29 is 9.47 Å². The van der Waals surface area contributed by atoms with E-state index in [1.54, 1.807) is 7.11 Å². The number of aromatic amines is 1. The molecule has 0 bridgehead atoms. The van der Waals surface area contributed by atoms with Crippen molar-refractivity contribution in [2.24, 2.45) is 0 Å². The van der Waals surface area contributed by atoms with Gasteiger partial charge in [-0.15, -0.1) is 5.10 Å². The molecule has 4 heterocycles. The van der Waals surface area contributed by atoms with Gasteiger partial charge < -0.3 is 19.4 Å². The van der Waals surface area contributed by atoms with Gasteiger partial charge in [0.1, 0.15) is 11.8 Å². The highest BCUT2D eigenvalue weighted by molar-refractivity contribution is 5.79. The van der Waals surface area contributed by atoms with Crippen molar-refractivity contribution >= 4 is 16.6 Å². The molecule has 38 heavy (non-hydrogen) atoms. The van der Waals surface area contributed by atoms with Crippen LogP contribution >= 0.6 is 0 Å². The number of benzene rings is 2. The molecule has 2 fully saturated rings. The van der Waals surface area contributed by atoms with Crippen molar-refractivity contribution in [3.8, 4) is 5.75 Å². The van der Waals surface area contributed by atoms with E-state index < -0.39 is 0 Å². The molecular formula is C28H33N7O3. The monoisotopic (exact) mass is 515 g/mol. The van der Waals surface area contributed by atoms with E-state index in [4.69, 9.17) is 9.47 Å². The Kier molecular flexibility index (Phi) is 6.82. The Morgan fingerprint density at radius 3 is 2.66 bits per heavy atom. The van der Waals surface area contributed by atoms with Gasteiger partial charge in [0.25, 0.3) is 5.56 Å². The van der Waals surface area contributed by atoms with Crippen LogP contribution in [-0.2, 0) is 11.3 Å². The van der Waals surface area contributed by atoms with E-state index in [9.17, 15) is 4.79 Å². The van der Waals surface area contributed by atoms with E-state index in [1.807, 2.05) is 35.9 Å². The molecule has 0 saturated carbocycles. The van der Waals surface area contributed by atoms with Crippen LogP contribution in [0.2, 0.25) is 0 Å². The number of aromatic nitrogens is 5. The highest BCUT2D eigenvalue weighted by Crippen LogP contribution is 2.30. The van der Waals surface area contributed by atoms with E-state index in [0.717, 1.165) is 73.5 Å². The molecule has 2 aliphatic rings. The lowest BCUT2D eigenvalue weighted by molar-refractivity contribution is 0.0906. The third kappa shape index (κ3) is 4.89. The van der Waals surface area contributed by atoms with Crippen LogP contribution in [0, 0.1) is 6.92 Å². The number of piperazine rings is 1. The van der Waals surface area contributed by atoms with Gasteiger partial charge in [-0.25, -0.2) is 4.68 Å². The molecule has 0 radical (unpaired) electrons. The molecule has 0 spiro atoms. The van der Waals surface area contributed by atoms with Crippen LogP contribution in [0.4, 0.5) is 5.69 Å². The predicted molar refractivity (Wildman–Crippen MR) is 145 cm³/mol. The topological polar surface area (TPSA) is 101 Å². The molecule has 10 heteroatoms. The summed E-state index contributed by atoms with van der Waals surface area (Å²) in [4.78, 5) is 21.3. The lowest BCUT2D eigenvalue weighted by atomic mass is 10.0. The Morgan fingerprint density at radius 1 is 1.11 bits per heavy atom. The number of rotatable bonds is 7. The second-order valence-electron chi connectivity index (χ2n) is 10.1. The van der Waals surface area contributed by atoms with Crippen LogP contribution in [0.3, 0.4) is 0 Å². The second-order valence-corrected chi connectivity index (χ2v) is 10.1. The van der Waals surface area contributed by atoms with E-state index in [2.05, 4.69) is 54.6 Å². The summed E-state index contributed by atoms with van der Waals surface area (Å²) in [6.45, 7) is 6.53. The van der Waals surface area contributed by atoms with Crippen LogP contribution in [0.15, 0.2) is 53.3 Å². The molecule has 4 aromatic rings. The molecular weight excluding hydrogens is 482 g/mol. The summed E-state index contributed by atoms with van der Waals surface area (Å²) in [7, 11) is 1.68. The standard InChI is InChI=1S/C28H33N7O3/c1-19-5-6-20-17-24(28(36)29-25(20)16-19)26(27-30-31-32-35(27)18-23-4-3-15-38-23)34-13-11-33(12-14-34)21-7-9-22(37-2)10-8-21/h5-10,16-17,23,26H,3-4,11-15,18H2,1-2H3,(H,29,36)/t23-,26+/m1/s1. The maximum absolute atomic E-state index is 13.5. The number of tetrazole rings is 1. The lowest BCUT2D eigenvalue weighted by Gasteiger charge is -2.39. The summed E-state index contributed by atoms with van der Waals surface area (Å²) >= 11 is 0. The molecule has 2 atom stereocenters. The van der Waals surface area contributed by atoms with Crippen molar-refractivity contribution in [2.75, 3.05) is 44.8 Å². The third-order valence-electron chi connectivity index (χ3n) is 7.65. The van der Waals surface area contributed by atoms with Crippen LogP contribution in [0.5, 0.6) is 5.75 Å². The number of fused-ring (bicyclic) bond motifs is 1. The maximum atomic E-state index is 13.5. The summed E-state index contributed by atoms with van der Waals surface area (Å²) in [6.07, 6.45) is 2.12. The Bertz CT molecular complexity index is 1450. The number of hydrogen-bond acceptors (Lipinski definition) is 8. The van der Waals surface area contributed by atoms with Crippen LogP contribution in [0.25, 0.3) is 10.9 Å². The van der Waals surface area contributed by atoms with E-state index in [-0.39, 0.29) is 17.7 Å². The number of pyridine rings is 1. The first-order chi connectivity index (χ1) is 18.6. The molecule has 10 nitrogen and oxygen atoms in total. The van der Waals surface area contributed by atoms with E-state index >= 15 is 0 Å². The minimum atomic E-state index is -0.376. The number of anilines is 1. The molecule has 2 aliphatic heterocycles. The Morgan fingerprint density at radius 2 is 1.92 bits per heavy atom. The van der Waals surface area contributed by atoms with Gasteiger partial charge in [-0.2, -0.15) is 0 Å². The number of ether oxygens (including phenoxy) is 2. The van der Waals surface area contributed by atoms with Gasteiger partial charge in [-0.05, 0) is 77.5 Å². The Labute approximate surface area is 221 Å². The second kappa shape index (κ2) is 10.5. The zero-order valence-electron chi connectivity index (χ0n) is 21.8. The number of aryl methyl sites for hydroxylation is 1. The van der Waals surface area contributed by atoms with Gasteiger partial charge >= 0.3 is 0 Å². The van der Waals surface area contributed by atoms with Gasteiger partial charge in [-0.1, -0.05) is 12.1 Å². The SMILES string of the molecule is COc1ccc(N2CCN([C@@H](c3cc4ccc(C)cc4[nH]c3=O)c3nnnn3C[C@H]3CCCO3)CC2)cc1.